The van der Waals surface area contributed by atoms with Crippen molar-refractivity contribution in [2.45, 2.75) is 52.9 Å². The Morgan fingerprint density at radius 3 is 2.23 bits per heavy atom. The van der Waals surface area contributed by atoms with Gasteiger partial charge in [-0.2, -0.15) is 0 Å². The molecule has 0 heterocycles. The number of hydrogen-bond acceptors (Lipinski definition) is 1. The Kier molecular flexibility index (Phi) is 3.78. The first-order valence-corrected chi connectivity index (χ1v) is 5.79. The molecular weight excluding hydrogens is 158 g/mol. The quantitative estimate of drug-likeness (QED) is 0.714. The number of nitrogens with two attached hydrogens (primary N) is 1. The lowest BCUT2D eigenvalue weighted by atomic mass is 9.65. The molecule has 1 fully saturated rings. The number of hydrogen-bond donors (Lipinski definition) is 1. The van der Waals surface area contributed by atoms with Gasteiger partial charge in [0.1, 0.15) is 0 Å². The molecule has 0 unspecified atom stereocenters. The first-order valence-electron chi connectivity index (χ1n) is 5.79. The average Bonchev–Trinajstić information content (AvgIpc) is 2.18. The third kappa shape index (κ3) is 2.46. The van der Waals surface area contributed by atoms with Crippen LogP contribution in [0.2, 0.25) is 0 Å². The van der Waals surface area contributed by atoms with E-state index in [0.717, 1.165) is 12.5 Å². The fourth-order valence-corrected chi connectivity index (χ4v) is 2.55. The van der Waals surface area contributed by atoms with Gasteiger partial charge in [-0.25, -0.2) is 0 Å². The minimum Gasteiger partial charge on any atom is -0.330 e. The second-order valence-electron chi connectivity index (χ2n) is 5.29. The second-order valence-corrected chi connectivity index (χ2v) is 5.29. The highest BCUT2D eigenvalue weighted by molar-refractivity contribution is 4.85. The zero-order chi connectivity index (χ0) is 9.90. The maximum atomic E-state index is 5.76. The van der Waals surface area contributed by atoms with E-state index >= 15 is 0 Å². The molecule has 0 aromatic rings. The second kappa shape index (κ2) is 4.45. The smallest absolute Gasteiger partial charge is 0.00463 e. The highest BCUT2D eigenvalue weighted by atomic mass is 14.6. The van der Waals surface area contributed by atoms with Crippen LogP contribution >= 0.6 is 0 Å². The lowest BCUT2D eigenvalue weighted by molar-refractivity contribution is 0.0964. The zero-order valence-corrected chi connectivity index (χ0v) is 9.47. The summed E-state index contributed by atoms with van der Waals surface area (Å²) in [5.41, 5.74) is 6.22. The van der Waals surface area contributed by atoms with Crippen LogP contribution in [0.5, 0.6) is 0 Å². The molecule has 1 saturated carbocycles. The first-order chi connectivity index (χ1) is 6.09. The lowest BCUT2D eigenvalue weighted by Crippen LogP contribution is -2.36. The molecule has 1 atom stereocenters. The van der Waals surface area contributed by atoms with Gasteiger partial charge in [0.25, 0.3) is 0 Å². The van der Waals surface area contributed by atoms with Crippen molar-refractivity contribution in [3.05, 3.63) is 0 Å². The topological polar surface area (TPSA) is 26.0 Å². The maximum Gasteiger partial charge on any atom is -0.00463 e. The van der Waals surface area contributed by atoms with E-state index in [4.69, 9.17) is 5.73 Å². The fraction of sp³-hybridized carbons (Fsp3) is 1.00. The molecule has 0 aromatic heterocycles. The normalized spacial score (nSPS) is 23.1. The molecular formula is C12H25N. The van der Waals surface area contributed by atoms with Crippen LogP contribution in [0.3, 0.4) is 0 Å². The Balaban J connectivity index is 2.55. The van der Waals surface area contributed by atoms with E-state index in [1.807, 2.05) is 0 Å². The molecule has 1 heteroatoms. The van der Waals surface area contributed by atoms with Gasteiger partial charge in [0.15, 0.2) is 0 Å². The van der Waals surface area contributed by atoms with E-state index < -0.39 is 0 Å². The Labute approximate surface area is 83.1 Å². The average molecular weight is 183 g/mol. The van der Waals surface area contributed by atoms with Gasteiger partial charge in [0, 0.05) is 0 Å². The van der Waals surface area contributed by atoms with E-state index in [1.54, 1.807) is 0 Å². The minimum absolute atomic E-state index is 0.454. The summed E-state index contributed by atoms with van der Waals surface area (Å²) in [5.74, 6) is 1.58. The van der Waals surface area contributed by atoms with Gasteiger partial charge in [-0.1, -0.05) is 40.0 Å². The summed E-state index contributed by atoms with van der Waals surface area (Å²) in [6.45, 7) is 7.94. The minimum atomic E-state index is 0.454. The van der Waals surface area contributed by atoms with Crippen LogP contribution in [0.25, 0.3) is 0 Å². The van der Waals surface area contributed by atoms with E-state index in [-0.39, 0.29) is 0 Å². The molecule has 1 aliphatic carbocycles. The van der Waals surface area contributed by atoms with Crippen molar-refractivity contribution in [1.82, 2.24) is 0 Å². The Hall–Kier alpha value is -0.0400. The molecule has 0 aliphatic heterocycles. The third-order valence-electron chi connectivity index (χ3n) is 4.28. The van der Waals surface area contributed by atoms with Gasteiger partial charge in [-0.05, 0) is 36.6 Å². The predicted octanol–water partition coefficient (Wildman–Crippen LogP) is 3.19. The summed E-state index contributed by atoms with van der Waals surface area (Å²) < 4.78 is 0. The van der Waals surface area contributed by atoms with Crippen LogP contribution in [-0.4, -0.2) is 6.54 Å². The molecule has 2 N–H and O–H groups in total. The highest BCUT2D eigenvalue weighted by Crippen LogP contribution is 2.42. The van der Waals surface area contributed by atoms with Gasteiger partial charge < -0.3 is 5.73 Å². The molecule has 1 nitrogen and oxygen atoms in total. The fourth-order valence-electron chi connectivity index (χ4n) is 2.55. The molecule has 0 radical (unpaired) electrons. The summed E-state index contributed by atoms with van der Waals surface area (Å²) in [7, 11) is 0. The van der Waals surface area contributed by atoms with Crippen molar-refractivity contribution >= 4 is 0 Å². The molecule has 0 aromatic carbocycles. The van der Waals surface area contributed by atoms with E-state index in [2.05, 4.69) is 20.8 Å². The van der Waals surface area contributed by atoms with Crippen LogP contribution in [-0.2, 0) is 0 Å². The van der Waals surface area contributed by atoms with Crippen LogP contribution in [0.1, 0.15) is 52.9 Å². The first kappa shape index (κ1) is 11.0. The van der Waals surface area contributed by atoms with Crippen molar-refractivity contribution in [2.75, 3.05) is 6.54 Å². The van der Waals surface area contributed by atoms with E-state index in [1.165, 1.54) is 32.1 Å². The van der Waals surface area contributed by atoms with Gasteiger partial charge in [0.2, 0.25) is 0 Å². The molecule has 0 spiro atoms. The van der Waals surface area contributed by atoms with Crippen molar-refractivity contribution in [1.29, 1.82) is 0 Å². The van der Waals surface area contributed by atoms with Gasteiger partial charge in [-0.15, -0.1) is 0 Å². The van der Waals surface area contributed by atoms with Crippen molar-refractivity contribution < 1.29 is 0 Å². The summed E-state index contributed by atoms with van der Waals surface area (Å²) in [6, 6.07) is 0. The summed E-state index contributed by atoms with van der Waals surface area (Å²) >= 11 is 0. The molecule has 0 amide bonds. The summed E-state index contributed by atoms with van der Waals surface area (Å²) in [5, 5.41) is 0. The Bertz CT molecular complexity index is 145. The van der Waals surface area contributed by atoms with Crippen LogP contribution < -0.4 is 5.73 Å². The molecule has 0 saturated heterocycles. The highest BCUT2D eigenvalue weighted by Gasteiger charge is 2.34. The third-order valence-corrected chi connectivity index (χ3v) is 4.28. The number of rotatable bonds is 3. The largest absolute Gasteiger partial charge is 0.330 e. The molecule has 13 heavy (non-hydrogen) atoms. The SMILES string of the molecule is C[C@H](CN)C(C)(C)C1CCCCC1. The van der Waals surface area contributed by atoms with Crippen molar-refractivity contribution in [3.8, 4) is 0 Å². The van der Waals surface area contributed by atoms with Crippen LogP contribution in [0.15, 0.2) is 0 Å². The maximum absolute atomic E-state index is 5.76. The van der Waals surface area contributed by atoms with Crippen LogP contribution in [0.4, 0.5) is 0 Å². The predicted molar refractivity (Wildman–Crippen MR) is 58.6 cm³/mol. The van der Waals surface area contributed by atoms with Gasteiger partial charge in [-0.3, -0.25) is 0 Å². The summed E-state index contributed by atoms with van der Waals surface area (Å²) in [4.78, 5) is 0. The summed E-state index contributed by atoms with van der Waals surface area (Å²) in [6.07, 6.45) is 7.18. The van der Waals surface area contributed by atoms with Crippen LogP contribution in [0, 0.1) is 17.3 Å². The molecule has 78 valence electrons. The van der Waals surface area contributed by atoms with Gasteiger partial charge >= 0.3 is 0 Å². The Morgan fingerprint density at radius 2 is 1.77 bits per heavy atom. The zero-order valence-electron chi connectivity index (χ0n) is 9.47. The van der Waals surface area contributed by atoms with Crippen molar-refractivity contribution in [2.24, 2.45) is 23.0 Å². The Morgan fingerprint density at radius 1 is 1.23 bits per heavy atom. The van der Waals surface area contributed by atoms with E-state index in [9.17, 15) is 0 Å². The van der Waals surface area contributed by atoms with Crippen molar-refractivity contribution in [3.63, 3.8) is 0 Å². The lowest BCUT2D eigenvalue weighted by Gasteiger charge is -2.41. The standard InChI is InChI=1S/C12H25N/c1-10(9-13)12(2,3)11-7-5-4-6-8-11/h10-11H,4-9,13H2,1-3H3/t10-/m1/s1. The van der Waals surface area contributed by atoms with Gasteiger partial charge in [0.05, 0.1) is 0 Å². The molecule has 1 aliphatic rings. The molecule has 1 rings (SSSR count). The molecule has 0 bridgehead atoms. The monoisotopic (exact) mass is 183 g/mol. The van der Waals surface area contributed by atoms with E-state index in [0.29, 0.717) is 11.3 Å².